The number of benzene rings is 1. The third kappa shape index (κ3) is 4.09. The van der Waals surface area contributed by atoms with Crippen LogP contribution < -0.4 is 5.32 Å². The van der Waals surface area contributed by atoms with E-state index < -0.39 is 0 Å². The number of hydrogen-bond acceptors (Lipinski definition) is 2. The summed E-state index contributed by atoms with van der Waals surface area (Å²) in [5, 5.41) is 3.00. The lowest BCUT2D eigenvalue weighted by atomic mass is 9.98. The average molecular weight is 300 g/mol. The Kier molecular flexibility index (Phi) is 4.76. The number of carbonyl (C=O) groups excluding carboxylic acids is 2. The van der Waals surface area contributed by atoms with Crippen LogP contribution in [-0.2, 0) is 16.1 Å². The number of amides is 2. The number of rotatable bonds is 5. The van der Waals surface area contributed by atoms with Gasteiger partial charge in [-0.05, 0) is 31.2 Å². The third-order valence-electron chi connectivity index (χ3n) is 4.48. The number of carbonyl (C=O) groups is 2. The van der Waals surface area contributed by atoms with E-state index in [0.29, 0.717) is 19.0 Å². The quantitative estimate of drug-likeness (QED) is 0.908. The van der Waals surface area contributed by atoms with Gasteiger partial charge in [0, 0.05) is 31.5 Å². The first-order valence-corrected chi connectivity index (χ1v) is 8.34. The largest absolute Gasteiger partial charge is 0.353 e. The van der Waals surface area contributed by atoms with Crippen molar-refractivity contribution in [1.82, 2.24) is 10.2 Å². The highest BCUT2D eigenvalue weighted by Crippen LogP contribution is 2.24. The summed E-state index contributed by atoms with van der Waals surface area (Å²) >= 11 is 0. The fourth-order valence-corrected chi connectivity index (χ4v) is 3.07. The van der Waals surface area contributed by atoms with Gasteiger partial charge in [0.1, 0.15) is 0 Å². The molecule has 1 aliphatic carbocycles. The molecule has 1 saturated heterocycles. The smallest absolute Gasteiger partial charge is 0.226 e. The van der Waals surface area contributed by atoms with Gasteiger partial charge in [-0.1, -0.05) is 36.8 Å². The summed E-state index contributed by atoms with van der Waals surface area (Å²) in [5.41, 5.74) is 1.15. The van der Waals surface area contributed by atoms with Gasteiger partial charge in [0.2, 0.25) is 11.8 Å². The van der Waals surface area contributed by atoms with Crippen LogP contribution in [0, 0.1) is 5.92 Å². The Hall–Kier alpha value is -1.84. The zero-order valence-electron chi connectivity index (χ0n) is 13.0. The molecule has 22 heavy (non-hydrogen) atoms. The predicted molar refractivity (Wildman–Crippen MR) is 85.0 cm³/mol. The fourth-order valence-electron chi connectivity index (χ4n) is 3.07. The Bertz CT molecular complexity index is 525. The van der Waals surface area contributed by atoms with E-state index in [4.69, 9.17) is 0 Å². The highest BCUT2D eigenvalue weighted by Gasteiger charge is 2.30. The molecular formula is C18H24N2O2. The van der Waals surface area contributed by atoms with Crippen LogP contribution in [0.2, 0.25) is 0 Å². The Morgan fingerprint density at radius 2 is 1.91 bits per heavy atom. The van der Waals surface area contributed by atoms with E-state index in [-0.39, 0.29) is 17.7 Å². The summed E-state index contributed by atoms with van der Waals surface area (Å²) in [5.74, 6) is 0.0414. The Morgan fingerprint density at radius 1 is 1.14 bits per heavy atom. The van der Waals surface area contributed by atoms with Gasteiger partial charge in [-0.3, -0.25) is 9.59 Å². The van der Waals surface area contributed by atoms with E-state index in [1.54, 1.807) is 0 Å². The summed E-state index contributed by atoms with van der Waals surface area (Å²) in [6, 6.07) is 10.4. The molecular weight excluding hydrogens is 276 g/mol. The van der Waals surface area contributed by atoms with Gasteiger partial charge in [0.15, 0.2) is 0 Å². The van der Waals surface area contributed by atoms with Crippen molar-refractivity contribution in [2.45, 2.75) is 51.1 Å². The van der Waals surface area contributed by atoms with Crippen LogP contribution in [0.4, 0.5) is 0 Å². The summed E-state index contributed by atoms with van der Waals surface area (Å²) < 4.78 is 0. The van der Waals surface area contributed by atoms with Crippen LogP contribution in [0.1, 0.15) is 44.1 Å². The Balaban J connectivity index is 1.60. The molecule has 4 nitrogen and oxygen atoms in total. The number of likely N-dealkylation sites (tertiary alicyclic amines) is 1. The van der Waals surface area contributed by atoms with Crippen molar-refractivity contribution in [3.63, 3.8) is 0 Å². The zero-order valence-corrected chi connectivity index (χ0v) is 13.0. The minimum Gasteiger partial charge on any atom is -0.353 e. The Labute approximate surface area is 131 Å². The maximum Gasteiger partial charge on any atom is 0.226 e. The first-order chi connectivity index (χ1) is 10.7. The monoisotopic (exact) mass is 300 g/mol. The Morgan fingerprint density at radius 3 is 2.64 bits per heavy atom. The van der Waals surface area contributed by atoms with Crippen LogP contribution in [-0.4, -0.2) is 29.3 Å². The molecule has 118 valence electrons. The van der Waals surface area contributed by atoms with Gasteiger partial charge >= 0.3 is 0 Å². The molecule has 3 rings (SSSR count). The first kappa shape index (κ1) is 15.1. The molecule has 0 bridgehead atoms. The standard InChI is InChI=1S/C18H24N2O2/c21-17(19-16-9-10-16)12-15-8-4-5-11-20(18(15)22)13-14-6-2-1-3-7-14/h1-3,6-7,15-16H,4-5,8-13H2,(H,19,21)/t15-/m1/s1. The van der Waals surface area contributed by atoms with E-state index in [9.17, 15) is 9.59 Å². The second kappa shape index (κ2) is 6.95. The lowest BCUT2D eigenvalue weighted by Crippen LogP contribution is -2.37. The lowest BCUT2D eigenvalue weighted by molar-refractivity contribution is -0.138. The molecule has 1 aromatic carbocycles. The molecule has 2 fully saturated rings. The minimum absolute atomic E-state index is 0.0439. The molecule has 1 aromatic rings. The minimum atomic E-state index is -0.148. The fraction of sp³-hybridized carbons (Fsp3) is 0.556. The second-order valence-corrected chi connectivity index (χ2v) is 6.48. The summed E-state index contributed by atoms with van der Waals surface area (Å²) in [4.78, 5) is 26.7. The molecule has 2 amide bonds. The molecule has 2 aliphatic rings. The van der Waals surface area contributed by atoms with Gasteiger partial charge in [-0.25, -0.2) is 0 Å². The molecule has 1 atom stereocenters. The molecule has 0 spiro atoms. The molecule has 0 unspecified atom stereocenters. The topological polar surface area (TPSA) is 49.4 Å². The summed E-state index contributed by atoms with van der Waals surface area (Å²) in [6.07, 6.45) is 5.41. The van der Waals surface area contributed by atoms with Crippen LogP contribution in [0.25, 0.3) is 0 Å². The van der Waals surface area contributed by atoms with Gasteiger partial charge in [0.25, 0.3) is 0 Å². The summed E-state index contributed by atoms with van der Waals surface area (Å²) in [6.45, 7) is 1.45. The normalized spacial score (nSPS) is 22.3. The van der Waals surface area contributed by atoms with Crippen molar-refractivity contribution in [3.05, 3.63) is 35.9 Å². The van der Waals surface area contributed by atoms with Crippen LogP contribution in [0.3, 0.4) is 0 Å². The third-order valence-corrected chi connectivity index (χ3v) is 4.48. The molecule has 1 aliphatic heterocycles. The highest BCUT2D eigenvalue weighted by molar-refractivity contribution is 5.86. The van der Waals surface area contributed by atoms with Crippen LogP contribution in [0.15, 0.2) is 30.3 Å². The van der Waals surface area contributed by atoms with Gasteiger partial charge in [-0.2, -0.15) is 0 Å². The van der Waals surface area contributed by atoms with Crippen LogP contribution in [0.5, 0.6) is 0 Å². The van der Waals surface area contributed by atoms with Crippen LogP contribution >= 0.6 is 0 Å². The van der Waals surface area contributed by atoms with Crippen molar-refractivity contribution in [2.24, 2.45) is 5.92 Å². The molecule has 0 aromatic heterocycles. The molecule has 4 heteroatoms. The van der Waals surface area contributed by atoms with E-state index in [0.717, 1.165) is 44.2 Å². The van der Waals surface area contributed by atoms with E-state index in [1.807, 2.05) is 35.2 Å². The maximum absolute atomic E-state index is 12.7. The SMILES string of the molecule is O=C(C[C@H]1CCCCN(Cc2ccccc2)C1=O)NC1CC1. The average Bonchev–Trinajstić information content (AvgIpc) is 3.33. The highest BCUT2D eigenvalue weighted by atomic mass is 16.2. The van der Waals surface area contributed by atoms with E-state index in [2.05, 4.69) is 5.32 Å². The molecule has 1 saturated carbocycles. The van der Waals surface area contributed by atoms with Gasteiger partial charge < -0.3 is 10.2 Å². The number of nitrogens with one attached hydrogen (secondary N) is 1. The summed E-state index contributed by atoms with van der Waals surface area (Å²) in [7, 11) is 0. The van der Waals surface area contributed by atoms with Gasteiger partial charge in [0.05, 0.1) is 0 Å². The van der Waals surface area contributed by atoms with Crippen molar-refractivity contribution >= 4 is 11.8 Å². The lowest BCUT2D eigenvalue weighted by Gasteiger charge is -2.24. The zero-order chi connectivity index (χ0) is 15.4. The predicted octanol–water partition coefficient (Wildman–Crippen LogP) is 2.48. The second-order valence-electron chi connectivity index (χ2n) is 6.48. The molecule has 0 radical (unpaired) electrons. The van der Waals surface area contributed by atoms with Gasteiger partial charge in [-0.15, -0.1) is 0 Å². The van der Waals surface area contributed by atoms with Crippen molar-refractivity contribution in [3.8, 4) is 0 Å². The first-order valence-electron chi connectivity index (χ1n) is 8.34. The van der Waals surface area contributed by atoms with Crippen molar-refractivity contribution in [2.75, 3.05) is 6.54 Å². The molecule has 1 heterocycles. The van der Waals surface area contributed by atoms with Crippen molar-refractivity contribution in [1.29, 1.82) is 0 Å². The maximum atomic E-state index is 12.7. The number of hydrogen-bond donors (Lipinski definition) is 1. The van der Waals surface area contributed by atoms with Crippen molar-refractivity contribution < 1.29 is 9.59 Å². The number of nitrogens with zero attached hydrogens (tertiary/aromatic N) is 1. The van der Waals surface area contributed by atoms with E-state index in [1.165, 1.54) is 0 Å². The molecule has 1 N–H and O–H groups in total. The van der Waals surface area contributed by atoms with E-state index >= 15 is 0 Å².